The van der Waals surface area contributed by atoms with Crippen molar-refractivity contribution in [2.75, 3.05) is 0 Å². The Hall–Kier alpha value is -8.76. The van der Waals surface area contributed by atoms with Crippen molar-refractivity contribution >= 4 is 0 Å². The van der Waals surface area contributed by atoms with Crippen LogP contribution in [0.2, 0.25) is 0 Å². The van der Waals surface area contributed by atoms with Gasteiger partial charge in [-0.1, -0.05) is 170 Å². The first-order chi connectivity index (χ1) is 34.9. The Morgan fingerprint density at radius 2 is 0.375 bits per heavy atom. The third kappa shape index (κ3) is 5.71. The van der Waals surface area contributed by atoms with Crippen LogP contribution in [0.15, 0.2) is 218 Å². The number of hydrogen-bond donors (Lipinski definition) is 8. The molecule has 0 unspecified atom stereocenters. The van der Waals surface area contributed by atoms with Crippen molar-refractivity contribution < 1.29 is 40.9 Å². The summed E-state index contributed by atoms with van der Waals surface area (Å²) in [4.78, 5) is 0. The van der Waals surface area contributed by atoms with Gasteiger partial charge in [0.25, 0.3) is 0 Å². The largest absolute Gasteiger partial charge is 0.507 e. The lowest BCUT2D eigenvalue weighted by Gasteiger charge is -2.45. The van der Waals surface area contributed by atoms with Crippen LogP contribution in [0.4, 0.5) is 0 Å². The van der Waals surface area contributed by atoms with E-state index in [1.807, 2.05) is 97.1 Å². The number of phenolic OH excluding ortho intramolecular Hbond substituents is 4. The molecule has 3 aliphatic rings. The minimum absolute atomic E-state index is 0.160. The van der Waals surface area contributed by atoms with Gasteiger partial charge < -0.3 is 40.9 Å². The molecule has 0 spiro atoms. The number of aromatic hydroxyl groups is 4. The minimum atomic E-state index is -1.95. The highest BCUT2D eigenvalue weighted by molar-refractivity contribution is 5.86. The summed E-state index contributed by atoms with van der Waals surface area (Å²) in [5.41, 5.74) is 2.92. The summed E-state index contributed by atoms with van der Waals surface area (Å²) in [7, 11) is 0. The lowest BCUT2D eigenvalue weighted by atomic mass is 9.63. The summed E-state index contributed by atoms with van der Waals surface area (Å²) >= 11 is 0. The minimum Gasteiger partial charge on any atom is -0.507 e. The Labute approximate surface area is 414 Å². The molecule has 10 aromatic carbocycles. The Kier molecular flexibility index (Phi) is 9.24. The highest BCUT2D eigenvalue weighted by atomic mass is 16.3. The quantitative estimate of drug-likeness (QED) is 0.0817. The van der Waals surface area contributed by atoms with Gasteiger partial charge in [0.2, 0.25) is 0 Å². The van der Waals surface area contributed by atoms with E-state index in [0.29, 0.717) is 66.8 Å². The van der Waals surface area contributed by atoms with E-state index in [0.717, 1.165) is 22.3 Å². The van der Waals surface area contributed by atoms with Crippen molar-refractivity contribution in [1.82, 2.24) is 0 Å². The van der Waals surface area contributed by atoms with Gasteiger partial charge in [-0.15, -0.1) is 0 Å². The summed E-state index contributed by atoms with van der Waals surface area (Å²) in [5.74, 6) is -0.681. The molecule has 10 aromatic rings. The number of phenols is 4. The van der Waals surface area contributed by atoms with Gasteiger partial charge in [-0.3, -0.25) is 0 Å². The van der Waals surface area contributed by atoms with Crippen LogP contribution in [0.5, 0.6) is 23.0 Å². The molecule has 0 atom stereocenters. The maximum Gasteiger partial charge on any atom is 0.141 e. The lowest BCUT2D eigenvalue weighted by molar-refractivity contribution is 0.0748. The highest BCUT2D eigenvalue weighted by Crippen LogP contribution is 2.57. The van der Waals surface area contributed by atoms with Gasteiger partial charge in [0, 0.05) is 44.5 Å². The van der Waals surface area contributed by atoms with Crippen molar-refractivity contribution in [2.45, 2.75) is 22.4 Å². The zero-order valence-corrected chi connectivity index (χ0v) is 38.4. The average molecular weight is 941 g/mol. The summed E-state index contributed by atoms with van der Waals surface area (Å²) < 4.78 is 0. The van der Waals surface area contributed by atoms with Crippen LogP contribution in [-0.2, 0) is 22.4 Å². The average Bonchev–Trinajstić information content (AvgIpc) is 3.84. The smallest absolute Gasteiger partial charge is 0.141 e. The van der Waals surface area contributed by atoms with Crippen LogP contribution in [0, 0.1) is 0 Å². The second kappa shape index (κ2) is 15.4. The molecule has 0 aliphatic heterocycles. The van der Waals surface area contributed by atoms with E-state index >= 15 is 0 Å². The van der Waals surface area contributed by atoms with E-state index in [9.17, 15) is 40.9 Å². The van der Waals surface area contributed by atoms with Crippen LogP contribution < -0.4 is 0 Å². The van der Waals surface area contributed by atoms with Crippen molar-refractivity contribution in [3.05, 3.63) is 285 Å². The van der Waals surface area contributed by atoms with Crippen LogP contribution in [-0.4, -0.2) is 40.9 Å². The van der Waals surface area contributed by atoms with Crippen LogP contribution in [0.3, 0.4) is 0 Å². The fourth-order valence-corrected chi connectivity index (χ4v) is 12.1. The summed E-state index contributed by atoms with van der Waals surface area (Å²) in [5, 5.41) is 99.1. The Bertz CT molecular complexity index is 3520. The number of rotatable bonds is 6. The van der Waals surface area contributed by atoms with Crippen molar-refractivity contribution in [2.24, 2.45) is 0 Å². The van der Waals surface area contributed by atoms with E-state index < -0.39 is 22.4 Å². The van der Waals surface area contributed by atoms with Gasteiger partial charge in [0.05, 0.1) is 0 Å². The molecule has 0 bridgehead atoms. The van der Waals surface area contributed by atoms with Crippen molar-refractivity contribution in [3.8, 4) is 67.5 Å². The number of fused-ring (bicyclic) bond motifs is 8. The Morgan fingerprint density at radius 1 is 0.194 bits per heavy atom. The second-order valence-electron chi connectivity index (χ2n) is 19.0. The van der Waals surface area contributed by atoms with Gasteiger partial charge in [0.15, 0.2) is 0 Å². The van der Waals surface area contributed by atoms with Crippen LogP contribution in [0.1, 0.15) is 66.8 Å². The molecule has 13 rings (SSSR count). The number of hydrogen-bond acceptors (Lipinski definition) is 8. The molecule has 348 valence electrons. The highest BCUT2D eigenvalue weighted by Gasteiger charge is 2.52. The first kappa shape index (κ1) is 43.3. The summed E-state index contributed by atoms with van der Waals surface area (Å²) in [6, 6.07) is 63.7. The normalized spacial score (nSPS) is 18.3. The van der Waals surface area contributed by atoms with E-state index in [1.165, 1.54) is 24.3 Å². The van der Waals surface area contributed by atoms with Gasteiger partial charge in [0.1, 0.15) is 45.4 Å². The third-order valence-electron chi connectivity index (χ3n) is 15.5. The molecule has 0 saturated heterocycles. The summed E-state index contributed by atoms with van der Waals surface area (Å²) in [6.07, 6.45) is 0. The zero-order chi connectivity index (χ0) is 49.3. The number of benzene rings is 10. The van der Waals surface area contributed by atoms with Crippen molar-refractivity contribution in [3.63, 3.8) is 0 Å². The molecule has 3 aliphatic carbocycles. The maximum atomic E-state index is 13.6. The van der Waals surface area contributed by atoms with Gasteiger partial charge >= 0.3 is 0 Å². The SMILES string of the molecule is Oc1ccc(C2(O)c3ccccc3-c3ccccc32)cc1-c1cc(C2(O)c3ccccc3C(O)(c3ccc(O)c(-c4cc(C5(O)c6ccccc6-c6ccccc65)ccc4O)c3)c3ccccc32)ccc1O. The van der Waals surface area contributed by atoms with Gasteiger partial charge in [-0.2, -0.15) is 0 Å². The molecule has 72 heavy (non-hydrogen) atoms. The molecule has 8 nitrogen and oxygen atoms in total. The molecule has 0 radical (unpaired) electrons. The zero-order valence-electron chi connectivity index (χ0n) is 38.4. The molecular formula is C64H44O8. The molecular weight excluding hydrogens is 897 g/mol. The molecule has 8 heteroatoms. The predicted molar refractivity (Wildman–Crippen MR) is 275 cm³/mol. The van der Waals surface area contributed by atoms with Gasteiger partial charge in [-0.25, -0.2) is 0 Å². The molecule has 0 saturated carbocycles. The predicted octanol–water partition coefficient (Wildman–Crippen LogP) is 11.3. The van der Waals surface area contributed by atoms with E-state index in [2.05, 4.69) is 0 Å². The third-order valence-corrected chi connectivity index (χ3v) is 15.5. The molecule has 0 amide bonds. The van der Waals surface area contributed by atoms with Crippen LogP contribution >= 0.6 is 0 Å². The topological polar surface area (TPSA) is 162 Å². The Morgan fingerprint density at radius 3 is 0.597 bits per heavy atom. The second-order valence-corrected chi connectivity index (χ2v) is 19.0. The van der Waals surface area contributed by atoms with E-state index in [-0.39, 0.29) is 45.3 Å². The Balaban J connectivity index is 0.942. The standard InChI is InChI=1S/C64H44O8/c65-57-29-25-37(61(69)49-17-5-1-13-41(49)42-14-2-6-18-50(42)61)33-45(57)47-35-39(27-31-59(47)67)63(71)53-21-9-11-23-55(53)64(72,56-24-12-10-22-54(56)63)40-28-32-60(68)48(36-40)46-34-38(26-30-58(46)66)62(70)51-19-7-3-15-43(51)44-16-4-8-20-52(44)62/h1-36,65-72H. The van der Waals surface area contributed by atoms with E-state index in [1.54, 1.807) is 97.1 Å². The maximum absolute atomic E-state index is 13.6. The number of aliphatic hydroxyl groups is 4. The lowest BCUT2D eigenvalue weighted by Crippen LogP contribution is -2.44. The fourth-order valence-electron chi connectivity index (χ4n) is 12.1. The first-order valence-electron chi connectivity index (χ1n) is 23.7. The monoisotopic (exact) mass is 940 g/mol. The molecule has 8 N–H and O–H groups in total. The van der Waals surface area contributed by atoms with Crippen molar-refractivity contribution in [1.29, 1.82) is 0 Å². The first-order valence-corrected chi connectivity index (χ1v) is 23.7. The van der Waals surface area contributed by atoms with E-state index in [4.69, 9.17) is 0 Å². The molecule has 0 fully saturated rings. The molecule has 0 heterocycles. The fraction of sp³-hybridized carbons (Fsp3) is 0.0625. The molecule has 0 aromatic heterocycles. The van der Waals surface area contributed by atoms with Crippen LogP contribution in [0.25, 0.3) is 44.5 Å². The van der Waals surface area contributed by atoms with Gasteiger partial charge in [-0.05, 0) is 115 Å². The summed E-state index contributed by atoms with van der Waals surface area (Å²) in [6.45, 7) is 0.